The van der Waals surface area contributed by atoms with Crippen molar-refractivity contribution in [2.45, 2.75) is 112 Å². The van der Waals surface area contributed by atoms with E-state index in [0.29, 0.717) is 0 Å². The zero-order valence-corrected chi connectivity index (χ0v) is 17.7. The van der Waals surface area contributed by atoms with Gasteiger partial charge in [0.15, 0.2) is 0 Å². The average molecular weight is 335 g/mol. The summed E-state index contributed by atoms with van der Waals surface area (Å²) < 4.78 is 0. The Morgan fingerprint density at radius 1 is 1.04 bits per heavy atom. The van der Waals surface area contributed by atoms with Gasteiger partial charge in [0, 0.05) is 0 Å². The molecule has 0 aromatic rings. The van der Waals surface area contributed by atoms with Gasteiger partial charge in [-0.2, -0.15) is 0 Å². The van der Waals surface area contributed by atoms with Crippen LogP contribution < -0.4 is 0 Å². The third kappa shape index (κ3) is 16.3. The minimum atomic E-state index is 0.833. The minimum absolute atomic E-state index is 0.833. The van der Waals surface area contributed by atoms with Crippen molar-refractivity contribution >= 4 is 0 Å². The fourth-order valence-corrected chi connectivity index (χ4v) is 3.28. The maximum Gasteiger partial charge on any atom is -0.0320 e. The van der Waals surface area contributed by atoms with Crippen LogP contribution in [0.15, 0.2) is 23.8 Å². The Balaban J connectivity index is 0.00000118. The summed E-state index contributed by atoms with van der Waals surface area (Å²) in [6, 6.07) is 0. The quantitative estimate of drug-likeness (QED) is 0.292. The van der Waals surface area contributed by atoms with Gasteiger partial charge in [0.05, 0.1) is 0 Å². The van der Waals surface area contributed by atoms with Gasteiger partial charge in [-0.3, -0.25) is 0 Å². The summed E-state index contributed by atoms with van der Waals surface area (Å²) in [6.45, 7) is 13.4. The van der Waals surface area contributed by atoms with Crippen LogP contribution >= 0.6 is 0 Å². The lowest BCUT2D eigenvalue weighted by Crippen LogP contribution is -2.06. The summed E-state index contributed by atoms with van der Waals surface area (Å²) in [6.07, 6.45) is 22.5. The second-order valence-electron chi connectivity index (χ2n) is 8.67. The van der Waals surface area contributed by atoms with E-state index in [0.717, 1.165) is 17.8 Å². The second kappa shape index (κ2) is 16.0. The smallest absolute Gasteiger partial charge is 0.0320 e. The highest BCUT2D eigenvalue weighted by molar-refractivity contribution is 4.98. The van der Waals surface area contributed by atoms with Gasteiger partial charge < -0.3 is 0 Å². The average Bonchev–Trinajstić information content (AvgIpc) is 2.55. The first-order valence-corrected chi connectivity index (χ1v) is 10.7. The molecule has 0 heterocycles. The first-order chi connectivity index (χ1) is 11.5. The molecule has 0 heteroatoms. The Hall–Kier alpha value is -0.520. The Morgan fingerprint density at radius 3 is 2.25 bits per heavy atom. The second-order valence-corrected chi connectivity index (χ2v) is 8.67. The van der Waals surface area contributed by atoms with Gasteiger partial charge in [-0.05, 0) is 63.7 Å². The number of hydrogen-bond donors (Lipinski definition) is 0. The van der Waals surface area contributed by atoms with Crippen molar-refractivity contribution in [1.82, 2.24) is 0 Å². The number of unbranched alkanes of at least 4 members (excludes halogenated alkanes) is 1. The summed E-state index contributed by atoms with van der Waals surface area (Å²) in [7, 11) is 0. The predicted molar refractivity (Wildman–Crippen MR) is 113 cm³/mol. The molecule has 0 aromatic heterocycles. The lowest BCUT2D eigenvalue weighted by atomic mass is 9.85. The lowest BCUT2D eigenvalue weighted by Gasteiger charge is -2.21. The van der Waals surface area contributed by atoms with Gasteiger partial charge in [-0.1, -0.05) is 90.0 Å². The largest absolute Gasteiger partial charge is 0.0917 e. The van der Waals surface area contributed by atoms with Crippen molar-refractivity contribution in [1.29, 1.82) is 0 Å². The van der Waals surface area contributed by atoms with Crippen LogP contribution in [-0.2, 0) is 0 Å². The summed E-state index contributed by atoms with van der Waals surface area (Å²) in [5.41, 5.74) is 1.64. The summed E-state index contributed by atoms with van der Waals surface area (Å²) in [4.78, 5) is 0. The highest BCUT2D eigenvalue weighted by Gasteiger charge is 2.12. The van der Waals surface area contributed by atoms with Crippen LogP contribution in [0.4, 0.5) is 0 Å². The first kappa shape index (κ1) is 23.5. The van der Waals surface area contributed by atoms with Crippen LogP contribution in [0, 0.1) is 17.8 Å². The number of allylic oxidation sites excluding steroid dienone is 4. The molecule has 1 aliphatic carbocycles. The van der Waals surface area contributed by atoms with Crippen LogP contribution in [0.25, 0.3) is 0 Å². The van der Waals surface area contributed by atoms with Crippen LogP contribution in [0.1, 0.15) is 112 Å². The Morgan fingerprint density at radius 2 is 1.67 bits per heavy atom. The standard InChI is InChI=1S/C20H36.C4H10/c1-4-5-6-8-11-18(2)14-15-19(3)16-17-20-12-9-7-10-13-20;1-4(2)3/h4-5,15,18,20H,6-14,16-17H2,1-3H3;4H,1-3H3/b5-4-,19-15+;. The highest BCUT2D eigenvalue weighted by atomic mass is 14.2. The molecule has 1 atom stereocenters. The zero-order valence-electron chi connectivity index (χ0n) is 17.7. The molecule has 24 heavy (non-hydrogen) atoms. The maximum atomic E-state index is 2.52. The molecule has 0 spiro atoms. The number of rotatable bonds is 9. The fraction of sp³-hybridized carbons (Fsp3) is 0.833. The van der Waals surface area contributed by atoms with Gasteiger partial charge in [-0.15, -0.1) is 0 Å². The van der Waals surface area contributed by atoms with E-state index in [1.54, 1.807) is 5.57 Å². The molecule has 1 aliphatic rings. The van der Waals surface area contributed by atoms with E-state index in [-0.39, 0.29) is 0 Å². The van der Waals surface area contributed by atoms with Gasteiger partial charge >= 0.3 is 0 Å². The zero-order chi connectivity index (χ0) is 18.2. The van der Waals surface area contributed by atoms with Gasteiger partial charge in [0.1, 0.15) is 0 Å². The van der Waals surface area contributed by atoms with Crippen LogP contribution in [-0.4, -0.2) is 0 Å². The molecule has 1 fully saturated rings. The molecule has 0 saturated heterocycles. The van der Waals surface area contributed by atoms with Crippen molar-refractivity contribution in [2.24, 2.45) is 17.8 Å². The molecule has 0 amide bonds. The summed E-state index contributed by atoms with van der Waals surface area (Å²) in [5.74, 6) is 2.72. The molecule has 142 valence electrons. The molecule has 1 rings (SSSR count). The molecule has 0 N–H and O–H groups in total. The van der Waals surface area contributed by atoms with E-state index in [9.17, 15) is 0 Å². The molecular weight excluding hydrogens is 288 g/mol. The van der Waals surface area contributed by atoms with E-state index in [2.05, 4.69) is 59.8 Å². The Labute approximate surface area is 154 Å². The van der Waals surface area contributed by atoms with E-state index >= 15 is 0 Å². The molecule has 0 nitrogen and oxygen atoms in total. The molecule has 1 unspecified atom stereocenters. The molecule has 0 bridgehead atoms. The number of hydrogen-bond acceptors (Lipinski definition) is 0. The highest BCUT2D eigenvalue weighted by Crippen LogP contribution is 2.28. The third-order valence-corrected chi connectivity index (χ3v) is 4.84. The molecular formula is C24H46. The summed E-state index contributed by atoms with van der Waals surface area (Å²) >= 11 is 0. The molecule has 0 aromatic carbocycles. The van der Waals surface area contributed by atoms with E-state index in [4.69, 9.17) is 0 Å². The van der Waals surface area contributed by atoms with E-state index < -0.39 is 0 Å². The van der Waals surface area contributed by atoms with Crippen LogP contribution in [0.3, 0.4) is 0 Å². The van der Waals surface area contributed by atoms with Crippen molar-refractivity contribution in [3.63, 3.8) is 0 Å². The normalized spacial score (nSPS) is 17.9. The van der Waals surface area contributed by atoms with E-state index in [1.807, 2.05) is 0 Å². The topological polar surface area (TPSA) is 0 Å². The minimum Gasteiger partial charge on any atom is -0.0917 e. The maximum absolute atomic E-state index is 2.52. The first-order valence-electron chi connectivity index (χ1n) is 10.7. The monoisotopic (exact) mass is 334 g/mol. The van der Waals surface area contributed by atoms with E-state index in [1.165, 1.54) is 70.6 Å². The summed E-state index contributed by atoms with van der Waals surface area (Å²) in [5, 5.41) is 0. The van der Waals surface area contributed by atoms with Crippen LogP contribution in [0.2, 0.25) is 0 Å². The molecule has 0 aliphatic heterocycles. The van der Waals surface area contributed by atoms with Gasteiger partial charge in [0.2, 0.25) is 0 Å². The van der Waals surface area contributed by atoms with Crippen molar-refractivity contribution in [3.8, 4) is 0 Å². The van der Waals surface area contributed by atoms with Gasteiger partial charge in [0.25, 0.3) is 0 Å². The molecule has 1 saturated carbocycles. The van der Waals surface area contributed by atoms with Crippen molar-refractivity contribution < 1.29 is 0 Å². The Bertz CT molecular complexity index is 312. The van der Waals surface area contributed by atoms with Crippen LogP contribution in [0.5, 0.6) is 0 Å². The lowest BCUT2D eigenvalue weighted by molar-refractivity contribution is 0.339. The van der Waals surface area contributed by atoms with Crippen molar-refractivity contribution in [3.05, 3.63) is 23.8 Å². The fourth-order valence-electron chi connectivity index (χ4n) is 3.28. The molecule has 0 radical (unpaired) electrons. The Kier molecular flexibility index (Phi) is 15.6. The SMILES string of the molecule is C/C=C\CCCC(C)C/C=C(\C)CCC1CCCCC1.CC(C)C. The third-order valence-electron chi connectivity index (χ3n) is 4.84. The van der Waals surface area contributed by atoms with Crippen molar-refractivity contribution in [2.75, 3.05) is 0 Å². The van der Waals surface area contributed by atoms with Gasteiger partial charge in [-0.25, -0.2) is 0 Å². The predicted octanol–water partition coefficient (Wildman–Crippen LogP) is 8.73.